The zero-order valence-corrected chi connectivity index (χ0v) is 26.4. The molecular formula is C33H29Br2N3O3. The number of benzene rings is 4. The number of rotatable bonds is 8. The van der Waals surface area contributed by atoms with Crippen LogP contribution in [0.4, 0.5) is 0 Å². The van der Waals surface area contributed by atoms with E-state index in [1.165, 1.54) is 4.68 Å². The van der Waals surface area contributed by atoms with Gasteiger partial charge >= 0.3 is 0 Å². The number of para-hydroxylation sites is 1. The number of fused-ring (bicyclic) bond motifs is 1. The van der Waals surface area contributed by atoms with E-state index in [4.69, 9.17) is 14.5 Å². The Morgan fingerprint density at radius 2 is 1.80 bits per heavy atom. The van der Waals surface area contributed by atoms with Crippen LogP contribution in [0.15, 0.2) is 97.7 Å². The van der Waals surface area contributed by atoms with Crippen molar-refractivity contribution in [3.63, 3.8) is 0 Å². The van der Waals surface area contributed by atoms with Gasteiger partial charge in [0.2, 0.25) is 0 Å². The normalized spacial score (nSPS) is 11.5. The smallest absolute Gasteiger partial charge is 0.282 e. The number of methoxy groups -OCH3 is 1. The Hall–Kier alpha value is -3.75. The number of halogens is 2. The van der Waals surface area contributed by atoms with E-state index in [1.54, 1.807) is 19.4 Å². The predicted molar refractivity (Wildman–Crippen MR) is 172 cm³/mol. The molecular weight excluding hydrogens is 646 g/mol. The Bertz CT molecular complexity index is 1830. The summed E-state index contributed by atoms with van der Waals surface area (Å²) in [4.78, 5) is 18.6. The molecule has 0 atom stereocenters. The third-order valence-corrected chi connectivity index (χ3v) is 8.01. The van der Waals surface area contributed by atoms with Gasteiger partial charge < -0.3 is 9.47 Å². The first kappa shape index (κ1) is 28.8. The first-order valence-electron chi connectivity index (χ1n) is 13.2. The number of aromatic nitrogens is 2. The van der Waals surface area contributed by atoms with Crippen LogP contribution in [0.5, 0.6) is 11.5 Å². The quantitative estimate of drug-likeness (QED) is 0.155. The summed E-state index contributed by atoms with van der Waals surface area (Å²) >= 11 is 7.06. The van der Waals surface area contributed by atoms with Crippen LogP contribution in [0.3, 0.4) is 0 Å². The van der Waals surface area contributed by atoms with Gasteiger partial charge in [-0.1, -0.05) is 76.0 Å². The fraction of sp³-hybridized carbons (Fsp3) is 0.182. The van der Waals surface area contributed by atoms with Crippen molar-refractivity contribution in [2.24, 2.45) is 5.10 Å². The summed E-state index contributed by atoms with van der Waals surface area (Å²) in [5.41, 5.74) is 5.00. The molecule has 0 aliphatic heterocycles. The number of nitrogens with zero attached hydrogens (tertiary/aromatic N) is 3. The molecule has 0 unspecified atom stereocenters. The van der Waals surface area contributed by atoms with Gasteiger partial charge in [0, 0.05) is 20.1 Å². The molecule has 0 bridgehead atoms. The van der Waals surface area contributed by atoms with Crippen LogP contribution in [0.1, 0.15) is 42.0 Å². The maximum atomic E-state index is 13.7. The largest absolute Gasteiger partial charge is 0.496 e. The topological polar surface area (TPSA) is 65.7 Å². The number of ether oxygens (including phenoxy) is 2. The van der Waals surface area contributed by atoms with Crippen molar-refractivity contribution in [1.82, 2.24) is 9.66 Å². The van der Waals surface area contributed by atoms with E-state index in [9.17, 15) is 4.79 Å². The highest BCUT2D eigenvalue weighted by atomic mass is 79.9. The average molecular weight is 675 g/mol. The summed E-state index contributed by atoms with van der Waals surface area (Å²) in [6.07, 6.45) is 1.66. The number of hydrogen-bond acceptors (Lipinski definition) is 5. The minimum Gasteiger partial charge on any atom is -0.496 e. The van der Waals surface area contributed by atoms with E-state index in [1.807, 2.05) is 73.7 Å². The molecule has 5 aromatic rings. The number of aryl methyl sites for hydroxylation is 1. The first-order valence-corrected chi connectivity index (χ1v) is 14.8. The van der Waals surface area contributed by atoms with Gasteiger partial charge in [0.15, 0.2) is 5.82 Å². The number of hydrogen-bond donors (Lipinski definition) is 0. The molecule has 1 heterocycles. The molecule has 0 spiro atoms. The van der Waals surface area contributed by atoms with Crippen molar-refractivity contribution in [2.75, 3.05) is 7.11 Å². The van der Waals surface area contributed by atoms with Gasteiger partial charge in [-0.25, -0.2) is 4.98 Å². The van der Waals surface area contributed by atoms with Crippen LogP contribution in [0, 0.1) is 6.92 Å². The van der Waals surface area contributed by atoms with Crippen LogP contribution in [0.2, 0.25) is 0 Å². The predicted octanol–water partition coefficient (Wildman–Crippen LogP) is 8.49. The summed E-state index contributed by atoms with van der Waals surface area (Å²) in [7, 11) is 1.67. The molecule has 0 saturated heterocycles. The van der Waals surface area contributed by atoms with E-state index < -0.39 is 0 Å². The van der Waals surface area contributed by atoms with Crippen LogP contribution in [-0.4, -0.2) is 23.0 Å². The van der Waals surface area contributed by atoms with Gasteiger partial charge in [0.05, 0.1) is 24.2 Å². The Morgan fingerprint density at radius 1 is 1.00 bits per heavy atom. The van der Waals surface area contributed by atoms with Gasteiger partial charge in [-0.3, -0.25) is 4.79 Å². The molecule has 1 aromatic heterocycles. The molecule has 0 fully saturated rings. The minimum absolute atomic E-state index is 0.217. The van der Waals surface area contributed by atoms with Crippen molar-refractivity contribution in [1.29, 1.82) is 0 Å². The monoisotopic (exact) mass is 673 g/mol. The highest BCUT2D eigenvalue weighted by Crippen LogP contribution is 2.34. The van der Waals surface area contributed by atoms with Crippen molar-refractivity contribution in [3.8, 4) is 22.9 Å². The maximum absolute atomic E-state index is 13.7. The van der Waals surface area contributed by atoms with E-state index in [-0.39, 0.29) is 11.5 Å². The lowest BCUT2D eigenvalue weighted by Crippen LogP contribution is -2.20. The zero-order valence-electron chi connectivity index (χ0n) is 23.2. The summed E-state index contributed by atoms with van der Waals surface area (Å²) in [5.74, 6) is 2.20. The van der Waals surface area contributed by atoms with Crippen LogP contribution in [-0.2, 0) is 6.61 Å². The molecule has 0 N–H and O–H groups in total. The van der Waals surface area contributed by atoms with Crippen molar-refractivity contribution >= 4 is 49.0 Å². The summed E-state index contributed by atoms with van der Waals surface area (Å²) in [6, 6.07) is 25.0. The average Bonchev–Trinajstić information content (AvgIpc) is 2.96. The van der Waals surface area contributed by atoms with Crippen LogP contribution < -0.4 is 15.0 Å². The molecule has 6 nitrogen and oxygen atoms in total. The second kappa shape index (κ2) is 12.4. The molecule has 8 heteroatoms. The molecule has 208 valence electrons. The maximum Gasteiger partial charge on any atom is 0.282 e. The van der Waals surface area contributed by atoms with Gasteiger partial charge in [-0.05, 0) is 78.1 Å². The van der Waals surface area contributed by atoms with E-state index in [2.05, 4.69) is 56.9 Å². The molecule has 0 saturated carbocycles. The minimum atomic E-state index is -0.240. The summed E-state index contributed by atoms with van der Waals surface area (Å²) in [6.45, 7) is 6.62. The van der Waals surface area contributed by atoms with E-state index in [0.29, 0.717) is 29.1 Å². The highest BCUT2D eigenvalue weighted by molar-refractivity contribution is 9.11. The van der Waals surface area contributed by atoms with Gasteiger partial charge in [-0.2, -0.15) is 9.78 Å². The van der Waals surface area contributed by atoms with Crippen molar-refractivity contribution in [2.45, 2.75) is 33.3 Å². The fourth-order valence-electron chi connectivity index (χ4n) is 4.58. The summed E-state index contributed by atoms with van der Waals surface area (Å²) < 4.78 is 15.0. The fourth-order valence-corrected chi connectivity index (χ4v) is 5.74. The lowest BCUT2D eigenvalue weighted by atomic mass is 9.96. The van der Waals surface area contributed by atoms with E-state index >= 15 is 0 Å². The van der Waals surface area contributed by atoms with Crippen LogP contribution in [0.25, 0.3) is 22.3 Å². The molecule has 0 radical (unpaired) electrons. The van der Waals surface area contributed by atoms with Crippen LogP contribution >= 0.6 is 31.9 Å². The molecule has 5 rings (SSSR count). The second-order valence-corrected chi connectivity index (χ2v) is 11.7. The standard InChI is InChI=1S/C33H29Br2N3O3/c1-20(2)27-17-28(21(3)14-31(27)40-4)32-37-30-11-6-5-10-26(30)33(39)38(32)36-18-22-8-7-9-25(15-22)41-19-23-12-13-24(34)16-29(23)35/h5-18,20H,19H2,1-4H3. The third-order valence-electron chi connectivity index (χ3n) is 6.78. The molecule has 4 aromatic carbocycles. The van der Waals surface area contributed by atoms with Crippen molar-refractivity contribution < 1.29 is 9.47 Å². The SMILES string of the molecule is COc1cc(C)c(-c2nc3ccccc3c(=O)n2N=Cc2cccc(OCc3ccc(Br)cc3Br)c2)cc1C(C)C. The molecule has 0 amide bonds. The Morgan fingerprint density at radius 3 is 2.56 bits per heavy atom. The van der Waals surface area contributed by atoms with Crippen molar-refractivity contribution in [3.05, 3.63) is 120 Å². The highest BCUT2D eigenvalue weighted by Gasteiger charge is 2.18. The lowest BCUT2D eigenvalue weighted by molar-refractivity contribution is 0.305. The Balaban J connectivity index is 1.55. The second-order valence-electron chi connectivity index (χ2n) is 9.97. The first-order chi connectivity index (χ1) is 19.7. The van der Waals surface area contributed by atoms with Gasteiger partial charge in [0.1, 0.15) is 18.1 Å². The van der Waals surface area contributed by atoms with Gasteiger partial charge in [0.25, 0.3) is 5.56 Å². The zero-order chi connectivity index (χ0) is 29.1. The van der Waals surface area contributed by atoms with Gasteiger partial charge in [-0.15, -0.1) is 0 Å². The molecule has 0 aliphatic carbocycles. The van der Waals surface area contributed by atoms with E-state index in [0.717, 1.165) is 42.5 Å². The summed E-state index contributed by atoms with van der Waals surface area (Å²) in [5, 5.41) is 5.16. The Labute approximate surface area is 255 Å². The Kier molecular flexibility index (Phi) is 8.71. The molecule has 0 aliphatic rings. The lowest BCUT2D eigenvalue weighted by Gasteiger charge is -2.17. The molecule has 41 heavy (non-hydrogen) atoms. The third kappa shape index (κ3) is 6.29.